The van der Waals surface area contributed by atoms with Crippen LogP contribution in [-0.2, 0) is 48.7 Å². The Kier molecular flexibility index (Phi) is 8.61. The Hall–Kier alpha value is -0.976. The van der Waals surface area contributed by atoms with Gasteiger partial charge in [-0.05, 0) is 24.1 Å². The van der Waals surface area contributed by atoms with Crippen LogP contribution in [0.1, 0.15) is 15.9 Å². The maximum atomic E-state index is 11.6. The van der Waals surface area contributed by atoms with Gasteiger partial charge in [0.1, 0.15) is 11.8 Å². The van der Waals surface area contributed by atoms with Gasteiger partial charge in [-0.1, -0.05) is 6.07 Å². The molecule has 0 bridgehead atoms. The summed E-state index contributed by atoms with van der Waals surface area (Å²) in [5.41, 5.74) is 6.74. The number of amides is 1. The Bertz CT molecular complexity index is 479. The van der Waals surface area contributed by atoms with Crippen molar-refractivity contribution >= 4 is 11.9 Å². The molecular weight excluding hydrogens is 337 g/mol. The van der Waals surface area contributed by atoms with Gasteiger partial charge in [0, 0.05) is 32.7 Å². The normalized spacial score (nSPS) is 11.0. The number of esters is 1. The van der Waals surface area contributed by atoms with Crippen LogP contribution >= 0.6 is 0 Å². The van der Waals surface area contributed by atoms with Gasteiger partial charge < -0.3 is 20.5 Å². The third-order valence-corrected chi connectivity index (χ3v) is 2.63. The molecule has 6 nitrogen and oxygen atoms in total. The first-order valence-electron chi connectivity index (χ1n) is 5.61. The zero-order valence-corrected chi connectivity index (χ0v) is 14.3. The molecule has 1 radical (unpaired) electrons. The molecule has 0 spiro atoms. The van der Waals surface area contributed by atoms with E-state index >= 15 is 0 Å². The topological polar surface area (TPSA) is 90.7 Å². The minimum absolute atomic E-state index is 0. The van der Waals surface area contributed by atoms with Crippen molar-refractivity contribution in [1.82, 2.24) is 5.32 Å². The monoisotopic (exact) mass is 354 g/mol. The van der Waals surface area contributed by atoms with Crippen LogP contribution in [0.3, 0.4) is 0 Å². The maximum absolute atomic E-state index is 11.6. The summed E-state index contributed by atoms with van der Waals surface area (Å²) >= 11 is 0. The number of nitrogens with one attached hydrogen (secondary N) is 1. The van der Waals surface area contributed by atoms with Crippen molar-refractivity contribution in [3.63, 3.8) is 0 Å². The minimum Gasteiger partial charge on any atom is -0.504 e. The summed E-state index contributed by atoms with van der Waals surface area (Å²) in [5, 5.41) is 2.28. The zero-order valence-electron chi connectivity index (χ0n) is 11.5. The van der Waals surface area contributed by atoms with E-state index < -0.39 is 12.0 Å². The fourth-order valence-electron chi connectivity index (χ4n) is 1.64. The molecule has 0 aromatic heterocycles. The number of methoxy groups -OCH3 is 2. The molecule has 1 unspecified atom stereocenters. The van der Waals surface area contributed by atoms with Crippen molar-refractivity contribution in [2.24, 2.45) is 5.73 Å². The van der Waals surface area contributed by atoms with E-state index in [1.54, 1.807) is 18.2 Å². The summed E-state index contributed by atoms with van der Waals surface area (Å²) in [6.07, 6.45) is 0.272. The summed E-state index contributed by atoms with van der Waals surface area (Å²) in [6, 6.07) is 4.22. The van der Waals surface area contributed by atoms with E-state index in [1.165, 1.54) is 14.2 Å². The minimum atomic E-state index is -0.769. The van der Waals surface area contributed by atoms with Crippen molar-refractivity contribution in [2.45, 2.75) is 12.5 Å². The molecule has 0 aliphatic heterocycles. The Morgan fingerprint density at radius 2 is 2.05 bits per heavy atom. The van der Waals surface area contributed by atoms with Gasteiger partial charge in [-0.2, -0.15) is 0 Å². The van der Waals surface area contributed by atoms with Crippen molar-refractivity contribution < 1.29 is 51.8 Å². The summed E-state index contributed by atoms with van der Waals surface area (Å²) in [5.74, 6) is -0.444. The second-order valence-electron chi connectivity index (χ2n) is 3.87. The fraction of sp³-hybridized carbons (Fsp3) is 0.308. The molecule has 0 saturated heterocycles. The number of nitrogens with two attached hydrogens (primary N) is 1. The molecule has 0 aliphatic carbocycles. The van der Waals surface area contributed by atoms with Gasteiger partial charge in [-0.3, -0.25) is 16.6 Å². The number of hydrogen-bond acceptors (Lipinski definition) is 5. The molecule has 0 heterocycles. The summed E-state index contributed by atoms with van der Waals surface area (Å²) in [6.45, 7) is 0. The molecule has 1 rings (SSSR count). The van der Waals surface area contributed by atoms with Gasteiger partial charge in [0.05, 0.1) is 19.8 Å². The molecule has 3 N–H and O–H groups in total. The van der Waals surface area contributed by atoms with Crippen molar-refractivity contribution in [1.29, 1.82) is 0 Å². The third kappa shape index (κ3) is 4.85. The predicted molar refractivity (Wildman–Crippen MR) is 69.5 cm³/mol. The van der Waals surface area contributed by atoms with E-state index in [1.807, 2.05) is 0 Å². The van der Waals surface area contributed by atoms with E-state index in [0.29, 0.717) is 11.3 Å². The number of benzene rings is 1. The quantitative estimate of drug-likeness (QED) is 0.585. The second-order valence-corrected chi connectivity index (χ2v) is 3.87. The second kappa shape index (κ2) is 9.05. The van der Waals surface area contributed by atoms with E-state index in [9.17, 15) is 9.59 Å². The van der Waals surface area contributed by atoms with Crippen molar-refractivity contribution in [3.8, 4) is 5.75 Å². The van der Waals surface area contributed by atoms with Crippen LogP contribution in [0.4, 0.5) is 0 Å². The van der Waals surface area contributed by atoms with E-state index in [4.69, 9.17) is 10.5 Å². The molecule has 1 aromatic carbocycles. The number of ether oxygens (including phenoxy) is 2. The van der Waals surface area contributed by atoms with Gasteiger partial charge in [0.15, 0.2) is 0 Å². The Morgan fingerprint density at radius 3 is 2.55 bits per heavy atom. The largest absolute Gasteiger partial charge is 0.504 e. The van der Waals surface area contributed by atoms with Crippen LogP contribution in [0.25, 0.3) is 0 Å². The summed E-state index contributed by atoms with van der Waals surface area (Å²) in [4.78, 5) is 22.9. The molecule has 0 saturated carbocycles. The van der Waals surface area contributed by atoms with Crippen LogP contribution in [0.5, 0.6) is 5.75 Å². The third-order valence-electron chi connectivity index (χ3n) is 2.63. The average Bonchev–Trinajstić information content (AvgIpc) is 2.45. The molecule has 7 heteroatoms. The Labute approximate surface area is 143 Å². The van der Waals surface area contributed by atoms with Gasteiger partial charge >= 0.3 is 5.97 Å². The standard InChI is InChI=1S/C13H17N2O4.Y/c1-15-12(16)9-6-8(4-5-11(9)18-2)7-10(14)13(17)19-3;/h4-6,10H,1,7,14H2,2-3H3,(H,15,16);/q-1;. The molecule has 1 amide bonds. The predicted octanol–water partition coefficient (Wildman–Crippen LogP) is 0.257. The smallest absolute Gasteiger partial charge is 0.322 e. The molecule has 0 aliphatic rings. The number of hydrogen-bond donors (Lipinski definition) is 2. The number of carbonyl (C=O) groups is 2. The number of rotatable bonds is 5. The van der Waals surface area contributed by atoms with E-state index in [0.717, 1.165) is 5.56 Å². The molecular formula is C13H17N2O4Y-. The first-order chi connectivity index (χ1) is 9.03. The molecule has 1 atom stereocenters. The van der Waals surface area contributed by atoms with Crippen molar-refractivity contribution in [3.05, 3.63) is 36.4 Å². The average molecular weight is 354 g/mol. The molecule has 0 fully saturated rings. The molecule has 20 heavy (non-hydrogen) atoms. The molecule has 1 aromatic rings. The zero-order chi connectivity index (χ0) is 14.4. The van der Waals surface area contributed by atoms with Gasteiger partial charge in [0.2, 0.25) is 5.91 Å². The maximum Gasteiger partial charge on any atom is 0.322 e. The SMILES string of the molecule is [CH2-]NC(=O)c1cc(CC(N)C(=O)OC)ccc1OC.[Y]. The van der Waals surface area contributed by atoms with Crippen LogP contribution in [0.2, 0.25) is 0 Å². The number of carbonyl (C=O) groups excluding carboxylic acids is 2. The Balaban J connectivity index is 0.00000361. The van der Waals surface area contributed by atoms with Crippen LogP contribution in [-0.4, -0.2) is 32.1 Å². The van der Waals surface area contributed by atoms with E-state index in [-0.39, 0.29) is 45.0 Å². The summed E-state index contributed by atoms with van der Waals surface area (Å²) in [7, 11) is 6.06. The van der Waals surface area contributed by atoms with Crippen molar-refractivity contribution in [2.75, 3.05) is 14.2 Å². The van der Waals surface area contributed by atoms with E-state index in [2.05, 4.69) is 17.1 Å². The fourth-order valence-corrected chi connectivity index (χ4v) is 1.64. The first-order valence-corrected chi connectivity index (χ1v) is 5.61. The Morgan fingerprint density at radius 1 is 1.40 bits per heavy atom. The van der Waals surface area contributed by atoms with Crippen LogP contribution in [0.15, 0.2) is 18.2 Å². The molecule has 107 valence electrons. The van der Waals surface area contributed by atoms with Gasteiger partial charge in [-0.15, -0.1) is 0 Å². The van der Waals surface area contributed by atoms with Gasteiger partial charge in [0.25, 0.3) is 0 Å². The first kappa shape index (κ1) is 19.0. The van der Waals surface area contributed by atoms with Crippen LogP contribution < -0.4 is 15.8 Å². The van der Waals surface area contributed by atoms with Gasteiger partial charge in [-0.25, -0.2) is 0 Å². The summed E-state index contributed by atoms with van der Waals surface area (Å²) < 4.78 is 9.64. The van der Waals surface area contributed by atoms with Crippen LogP contribution in [0, 0.1) is 7.05 Å².